The van der Waals surface area contributed by atoms with Crippen molar-refractivity contribution in [2.45, 2.75) is 13.1 Å². The maximum atomic E-state index is 15.8. The van der Waals surface area contributed by atoms with Crippen molar-refractivity contribution >= 4 is 46.6 Å². The smallest absolute Gasteiger partial charge is 0.330 e. The zero-order chi connectivity index (χ0) is 36.8. The summed E-state index contributed by atoms with van der Waals surface area (Å²) in [5, 5.41) is 5.91. The van der Waals surface area contributed by atoms with Crippen molar-refractivity contribution in [2.75, 3.05) is 86.5 Å². The number of pyridine rings is 1. The van der Waals surface area contributed by atoms with Gasteiger partial charge in [0.1, 0.15) is 17.3 Å². The van der Waals surface area contributed by atoms with E-state index in [1.165, 1.54) is 31.4 Å². The largest absolute Gasteiger partial charge is 0.493 e. The van der Waals surface area contributed by atoms with Crippen LogP contribution in [-0.4, -0.2) is 93.0 Å². The fourth-order valence-electron chi connectivity index (χ4n) is 5.77. The van der Waals surface area contributed by atoms with E-state index in [1.807, 2.05) is 25.1 Å². The second-order valence-corrected chi connectivity index (χ2v) is 12.2. The number of methoxy groups -OCH3 is 2. The number of hydrogen-bond donors (Lipinski definition) is 2. The normalized spacial score (nSPS) is 14.5. The van der Waals surface area contributed by atoms with Gasteiger partial charge < -0.3 is 34.6 Å². The molecule has 2 N–H and O–H groups in total. The molecule has 0 radical (unpaired) electrons. The number of nitrogens with zero attached hydrogens (tertiary/aromatic N) is 7. The third-order valence-electron chi connectivity index (χ3n) is 8.35. The molecule has 6 rings (SSSR count). The molecule has 0 atom stereocenters. The van der Waals surface area contributed by atoms with Gasteiger partial charge in [0.2, 0.25) is 11.9 Å². The summed E-state index contributed by atoms with van der Waals surface area (Å²) in [5.74, 6) is -2.22. The van der Waals surface area contributed by atoms with Gasteiger partial charge in [0.15, 0.2) is 23.1 Å². The number of anilines is 6. The summed E-state index contributed by atoms with van der Waals surface area (Å²) in [6.45, 7) is 3.09. The van der Waals surface area contributed by atoms with Crippen LogP contribution in [0.15, 0.2) is 67.0 Å². The van der Waals surface area contributed by atoms with Crippen LogP contribution >= 0.6 is 0 Å². The maximum Gasteiger partial charge on any atom is 0.330 e. The monoisotopic (exact) mass is 715 g/mol. The molecule has 272 valence electrons. The number of rotatable bonds is 12. The van der Waals surface area contributed by atoms with Gasteiger partial charge in [0, 0.05) is 49.2 Å². The molecule has 2 aliphatic heterocycles. The van der Waals surface area contributed by atoms with E-state index in [4.69, 9.17) is 14.2 Å². The second kappa shape index (κ2) is 16.0. The van der Waals surface area contributed by atoms with Gasteiger partial charge in [-0.2, -0.15) is 4.98 Å². The predicted molar refractivity (Wildman–Crippen MR) is 193 cm³/mol. The molecular weight excluding hydrogens is 676 g/mol. The summed E-state index contributed by atoms with van der Waals surface area (Å²) < 4.78 is 47.2. The van der Waals surface area contributed by atoms with Gasteiger partial charge in [-0.25, -0.2) is 23.5 Å². The van der Waals surface area contributed by atoms with Crippen molar-refractivity contribution < 1.29 is 32.6 Å². The molecule has 0 bridgehead atoms. The number of fused-ring (bicyclic) bond motifs is 1. The Bertz CT molecular complexity index is 1930. The first-order chi connectivity index (χ1) is 25.1. The van der Waals surface area contributed by atoms with Crippen LogP contribution in [0.5, 0.6) is 11.5 Å². The van der Waals surface area contributed by atoms with Crippen LogP contribution < -0.4 is 34.8 Å². The number of amides is 3. The molecule has 3 amide bonds. The molecule has 14 nitrogen and oxygen atoms in total. The Morgan fingerprint density at radius 3 is 2.44 bits per heavy atom. The van der Waals surface area contributed by atoms with Gasteiger partial charge in [-0.05, 0) is 43.9 Å². The number of carbonyl (C=O) groups excluding carboxylic acids is 2. The van der Waals surface area contributed by atoms with Crippen molar-refractivity contribution in [3.8, 4) is 11.5 Å². The molecule has 2 aliphatic rings. The number of aromatic nitrogens is 3. The third kappa shape index (κ3) is 8.03. The van der Waals surface area contributed by atoms with Crippen molar-refractivity contribution in [2.24, 2.45) is 0 Å². The Kier molecular flexibility index (Phi) is 11.1. The number of urea groups is 1. The minimum Gasteiger partial charge on any atom is -0.493 e. The summed E-state index contributed by atoms with van der Waals surface area (Å²) in [5.41, 5.74) is 1.82. The van der Waals surface area contributed by atoms with Crippen LogP contribution in [0.1, 0.15) is 11.1 Å². The highest BCUT2D eigenvalue weighted by Gasteiger charge is 2.38. The van der Waals surface area contributed by atoms with Crippen LogP contribution in [0.4, 0.5) is 48.2 Å². The minimum atomic E-state index is -1.07. The van der Waals surface area contributed by atoms with E-state index in [0.717, 1.165) is 29.7 Å². The van der Waals surface area contributed by atoms with Crippen molar-refractivity contribution in [1.82, 2.24) is 19.9 Å². The second-order valence-electron chi connectivity index (χ2n) is 12.2. The zero-order valence-electron chi connectivity index (χ0n) is 29.2. The fraction of sp³-hybridized carbons (Fsp3) is 0.306. The number of ether oxygens (including phenoxy) is 3. The van der Waals surface area contributed by atoms with Crippen LogP contribution in [-0.2, 0) is 22.6 Å². The van der Waals surface area contributed by atoms with Crippen molar-refractivity contribution in [3.05, 3.63) is 89.8 Å². The molecule has 0 unspecified atom stereocenters. The highest BCUT2D eigenvalue weighted by atomic mass is 19.1. The third-order valence-corrected chi connectivity index (χ3v) is 8.35. The molecule has 52 heavy (non-hydrogen) atoms. The highest BCUT2D eigenvalue weighted by molar-refractivity contribution is 6.06. The van der Waals surface area contributed by atoms with E-state index in [-0.39, 0.29) is 42.3 Å². The average Bonchev–Trinajstić information content (AvgIpc) is 3.14. The van der Waals surface area contributed by atoms with E-state index >= 15 is 8.78 Å². The van der Waals surface area contributed by atoms with E-state index < -0.39 is 23.4 Å². The average molecular weight is 716 g/mol. The summed E-state index contributed by atoms with van der Waals surface area (Å²) in [7, 11) is 6.25. The highest BCUT2D eigenvalue weighted by Crippen LogP contribution is 2.41. The first kappa shape index (κ1) is 35.9. The summed E-state index contributed by atoms with van der Waals surface area (Å²) >= 11 is 0. The molecule has 0 saturated carbocycles. The summed E-state index contributed by atoms with van der Waals surface area (Å²) in [6.07, 6.45) is 6.41. The minimum absolute atomic E-state index is 0.0736. The number of hydrogen-bond acceptors (Lipinski definition) is 11. The number of nitrogens with one attached hydrogen (secondary N) is 2. The number of morpholine rings is 1. The lowest BCUT2D eigenvalue weighted by Gasteiger charge is -2.36. The van der Waals surface area contributed by atoms with Gasteiger partial charge in [0.05, 0.1) is 52.4 Å². The maximum absolute atomic E-state index is 15.8. The molecule has 4 aromatic rings. The van der Waals surface area contributed by atoms with E-state index in [0.29, 0.717) is 42.4 Å². The van der Waals surface area contributed by atoms with Crippen LogP contribution in [0, 0.1) is 11.6 Å². The number of likely N-dealkylation sites (N-methyl/N-ethyl adjacent to an activating group) is 1. The van der Waals surface area contributed by atoms with Gasteiger partial charge in [-0.1, -0.05) is 18.2 Å². The Morgan fingerprint density at radius 1 is 1.02 bits per heavy atom. The Balaban J connectivity index is 1.33. The topological polar surface area (TPSA) is 138 Å². The molecule has 0 aliphatic carbocycles. The fourth-order valence-corrected chi connectivity index (χ4v) is 5.77. The zero-order valence-corrected chi connectivity index (χ0v) is 29.2. The Labute approximate surface area is 299 Å². The molecule has 1 saturated heterocycles. The van der Waals surface area contributed by atoms with Gasteiger partial charge >= 0.3 is 6.03 Å². The molecule has 4 heterocycles. The lowest BCUT2D eigenvalue weighted by molar-refractivity contribution is -0.111. The lowest BCUT2D eigenvalue weighted by atomic mass is 10.1. The van der Waals surface area contributed by atoms with Crippen LogP contribution in [0.3, 0.4) is 0 Å². The quantitative estimate of drug-likeness (QED) is 0.193. The first-order valence-electron chi connectivity index (χ1n) is 16.5. The molecule has 1 fully saturated rings. The van der Waals surface area contributed by atoms with Crippen LogP contribution in [0.25, 0.3) is 0 Å². The number of halogens is 2. The molecular formula is C36H39F2N9O5. The van der Waals surface area contributed by atoms with Gasteiger partial charge in [-0.15, -0.1) is 0 Å². The Morgan fingerprint density at radius 2 is 1.77 bits per heavy atom. The molecule has 16 heteroatoms. The van der Waals surface area contributed by atoms with Crippen LogP contribution in [0.2, 0.25) is 0 Å². The van der Waals surface area contributed by atoms with Gasteiger partial charge in [-0.3, -0.25) is 14.6 Å². The summed E-state index contributed by atoms with van der Waals surface area (Å²) in [6, 6.07) is 11.0. The van der Waals surface area contributed by atoms with Gasteiger partial charge in [0.25, 0.3) is 0 Å². The number of carbonyl (C=O) groups is 2. The van der Waals surface area contributed by atoms with E-state index in [9.17, 15) is 9.59 Å². The molecule has 0 spiro atoms. The molecule has 2 aromatic carbocycles. The number of benzene rings is 2. The van der Waals surface area contributed by atoms with E-state index in [2.05, 4.69) is 30.5 Å². The SMILES string of the molecule is COc1cc(OC)c(F)c(N2Cc3cnc(Nc4ccc(N5CCOCC5)cn4)nc3N(Cc3cccc(NC(=O)/C=C/CN(C)C)c3)C2=O)c1F. The van der Waals surface area contributed by atoms with Crippen molar-refractivity contribution in [3.63, 3.8) is 0 Å². The first-order valence-corrected chi connectivity index (χ1v) is 16.5. The Hall–Kier alpha value is -5.87. The summed E-state index contributed by atoms with van der Waals surface area (Å²) in [4.78, 5) is 46.9. The lowest BCUT2D eigenvalue weighted by Crippen LogP contribution is -2.48. The predicted octanol–water partition coefficient (Wildman–Crippen LogP) is 4.95. The standard InChI is InChI=1S/C36H39F2N9O5/c1-44(2)12-6-9-30(48)41-25-8-5-7-23(17-25)21-47-34-24(22-46(36(47)49)33-31(37)27(50-3)18-28(51-4)32(33)38)19-40-35(43-34)42-29-11-10-26(20-39-29)45-13-15-52-16-14-45/h5-11,17-20H,12-16,21-22H2,1-4H3,(H,41,48)(H,39,40,42,43)/b9-6+. The van der Waals surface area contributed by atoms with E-state index in [1.54, 1.807) is 42.6 Å². The van der Waals surface area contributed by atoms with Crippen molar-refractivity contribution in [1.29, 1.82) is 0 Å². The molecule has 2 aromatic heterocycles.